The molecule has 0 saturated heterocycles. The van der Waals surface area contributed by atoms with E-state index in [1.807, 2.05) is 12.1 Å². The van der Waals surface area contributed by atoms with Gasteiger partial charge in [-0.05, 0) is 29.8 Å². The molecule has 142 valence electrons. The van der Waals surface area contributed by atoms with Crippen LogP contribution in [0.15, 0.2) is 53.4 Å². The number of rotatable bonds is 4. The summed E-state index contributed by atoms with van der Waals surface area (Å²) in [6, 6.07) is 12.1. The minimum Gasteiger partial charge on any atom is -0.340 e. The van der Waals surface area contributed by atoms with Crippen LogP contribution in [0, 0.1) is 0 Å². The number of nitrogens with zero attached hydrogens (tertiary/aromatic N) is 2. The Morgan fingerprint density at radius 2 is 1.81 bits per heavy atom. The number of thioether (sulfide) groups is 1. The number of hydrogen-bond donors (Lipinski definition) is 0. The highest BCUT2D eigenvalue weighted by atomic mass is 32.2. The third-order valence-electron chi connectivity index (χ3n) is 4.23. The van der Waals surface area contributed by atoms with Gasteiger partial charge in [-0.1, -0.05) is 24.3 Å². The van der Waals surface area contributed by atoms with Crippen LogP contribution in [0.4, 0.5) is 18.9 Å². The molecule has 0 unspecified atom stereocenters. The van der Waals surface area contributed by atoms with E-state index in [2.05, 4.69) is 0 Å². The van der Waals surface area contributed by atoms with Gasteiger partial charge >= 0.3 is 6.18 Å². The third kappa shape index (κ3) is 4.44. The number of amides is 2. The molecular weight excluding hydrogens is 377 g/mol. The molecule has 2 amide bonds. The first kappa shape index (κ1) is 19.3. The average Bonchev–Trinajstić information content (AvgIpc) is 2.63. The molecule has 0 N–H and O–H groups in total. The van der Waals surface area contributed by atoms with Gasteiger partial charge in [-0.15, -0.1) is 11.8 Å². The summed E-state index contributed by atoms with van der Waals surface area (Å²) in [4.78, 5) is 28.6. The molecule has 2 aromatic carbocycles. The van der Waals surface area contributed by atoms with Gasteiger partial charge in [-0.25, -0.2) is 0 Å². The fourth-order valence-corrected chi connectivity index (χ4v) is 3.68. The second kappa shape index (κ2) is 7.64. The molecule has 3 rings (SSSR count). The normalized spacial score (nSPS) is 14.1. The molecule has 0 aliphatic carbocycles. The molecule has 4 nitrogen and oxygen atoms in total. The Hall–Kier alpha value is -2.48. The number of para-hydroxylation sites is 1. The van der Waals surface area contributed by atoms with E-state index in [1.54, 1.807) is 19.2 Å². The lowest BCUT2D eigenvalue weighted by Gasteiger charge is -2.30. The molecule has 1 aliphatic heterocycles. The Kier molecular flexibility index (Phi) is 5.46. The molecule has 0 bridgehead atoms. The van der Waals surface area contributed by atoms with Crippen LogP contribution in [-0.2, 0) is 22.3 Å². The van der Waals surface area contributed by atoms with Crippen LogP contribution in [0.2, 0.25) is 0 Å². The van der Waals surface area contributed by atoms with E-state index in [1.165, 1.54) is 33.7 Å². The van der Waals surface area contributed by atoms with Crippen LogP contribution in [-0.4, -0.2) is 36.1 Å². The van der Waals surface area contributed by atoms with E-state index in [-0.39, 0.29) is 30.7 Å². The summed E-state index contributed by atoms with van der Waals surface area (Å²) in [6.45, 7) is 0.0585. The monoisotopic (exact) mass is 394 g/mol. The highest BCUT2D eigenvalue weighted by molar-refractivity contribution is 8.00. The molecule has 0 atom stereocenters. The van der Waals surface area contributed by atoms with E-state index >= 15 is 0 Å². The van der Waals surface area contributed by atoms with Gasteiger partial charge in [0.1, 0.15) is 6.54 Å². The first-order chi connectivity index (χ1) is 12.8. The van der Waals surface area contributed by atoms with Crippen LogP contribution < -0.4 is 4.90 Å². The number of alkyl halides is 3. The summed E-state index contributed by atoms with van der Waals surface area (Å²) in [5.74, 6) is -0.160. The maximum absolute atomic E-state index is 12.6. The standard InChI is InChI=1S/C19H17F3N2O2S/c1-23(10-13-6-8-14(9-7-13)19(20,21)22)17(25)11-24-15-4-2-3-5-16(15)27-12-18(24)26/h2-9H,10-12H2,1H3. The lowest BCUT2D eigenvalue weighted by molar-refractivity contribution is -0.137. The number of carbonyl (C=O) groups excluding carboxylic acids is 2. The van der Waals surface area contributed by atoms with E-state index in [0.717, 1.165) is 17.0 Å². The predicted octanol–water partition coefficient (Wildman–Crippen LogP) is 3.80. The number of benzene rings is 2. The highest BCUT2D eigenvalue weighted by Gasteiger charge is 2.30. The van der Waals surface area contributed by atoms with Gasteiger partial charge in [0.05, 0.1) is 17.0 Å². The zero-order valence-corrected chi connectivity index (χ0v) is 15.3. The molecule has 0 spiro atoms. The summed E-state index contributed by atoms with van der Waals surface area (Å²) in [6.07, 6.45) is -4.39. The number of halogens is 3. The Bertz CT molecular complexity index is 853. The lowest BCUT2D eigenvalue weighted by atomic mass is 10.1. The van der Waals surface area contributed by atoms with E-state index in [4.69, 9.17) is 0 Å². The van der Waals surface area contributed by atoms with Crippen molar-refractivity contribution in [2.24, 2.45) is 0 Å². The smallest absolute Gasteiger partial charge is 0.340 e. The second-order valence-electron chi connectivity index (χ2n) is 6.18. The van der Waals surface area contributed by atoms with Crippen molar-refractivity contribution in [2.45, 2.75) is 17.6 Å². The van der Waals surface area contributed by atoms with E-state index in [9.17, 15) is 22.8 Å². The summed E-state index contributed by atoms with van der Waals surface area (Å²) in [5.41, 5.74) is 0.558. The summed E-state index contributed by atoms with van der Waals surface area (Å²) in [7, 11) is 1.56. The molecular formula is C19H17F3N2O2S. The first-order valence-electron chi connectivity index (χ1n) is 8.18. The van der Waals surface area contributed by atoms with Crippen molar-refractivity contribution in [1.82, 2.24) is 4.90 Å². The molecule has 0 aromatic heterocycles. The molecule has 8 heteroatoms. The van der Waals surface area contributed by atoms with Gasteiger partial charge in [0, 0.05) is 18.5 Å². The van der Waals surface area contributed by atoms with Gasteiger partial charge in [-0.3, -0.25) is 9.59 Å². The van der Waals surface area contributed by atoms with Crippen molar-refractivity contribution >= 4 is 29.3 Å². The topological polar surface area (TPSA) is 40.6 Å². The summed E-state index contributed by atoms with van der Waals surface area (Å²) < 4.78 is 37.9. The molecule has 2 aromatic rings. The Labute approximate surface area is 158 Å². The van der Waals surface area contributed by atoms with Crippen molar-refractivity contribution < 1.29 is 22.8 Å². The number of fused-ring (bicyclic) bond motifs is 1. The SMILES string of the molecule is CN(Cc1ccc(C(F)(F)F)cc1)C(=O)CN1C(=O)CSc2ccccc21. The number of carbonyl (C=O) groups is 2. The largest absolute Gasteiger partial charge is 0.416 e. The molecule has 0 fully saturated rings. The van der Waals surface area contributed by atoms with Crippen molar-refractivity contribution in [3.05, 3.63) is 59.7 Å². The van der Waals surface area contributed by atoms with Crippen molar-refractivity contribution in [2.75, 3.05) is 24.2 Å². The van der Waals surface area contributed by atoms with Gasteiger partial charge in [0.15, 0.2) is 0 Å². The summed E-state index contributed by atoms with van der Waals surface area (Å²) >= 11 is 1.43. The fraction of sp³-hybridized carbons (Fsp3) is 0.263. The van der Waals surface area contributed by atoms with Gasteiger partial charge in [-0.2, -0.15) is 13.2 Å². The molecule has 27 heavy (non-hydrogen) atoms. The fourth-order valence-electron chi connectivity index (χ4n) is 2.74. The van der Waals surface area contributed by atoms with Crippen molar-refractivity contribution in [3.8, 4) is 0 Å². The van der Waals surface area contributed by atoms with Gasteiger partial charge in [0.2, 0.25) is 11.8 Å². The second-order valence-corrected chi connectivity index (χ2v) is 7.20. The van der Waals surface area contributed by atoms with Crippen LogP contribution in [0.25, 0.3) is 0 Å². The first-order valence-corrected chi connectivity index (χ1v) is 9.16. The van der Waals surface area contributed by atoms with Crippen LogP contribution in [0.3, 0.4) is 0 Å². The predicted molar refractivity (Wildman–Crippen MR) is 97.4 cm³/mol. The minimum atomic E-state index is -4.39. The Morgan fingerprint density at radius 1 is 1.15 bits per heavy atom. The maximum Gasteiger partial charge on any atom is 0.416 e. The summed E-state index contributed by atoms with van der Waals surface area (Å²) in [5, 5.41) is 0. The average molecular weight is 394 g/mol. The lowest BCUT2D eigenvalue weighted by Crippen LogP contribution is -2.43. The molecule has 1 aliphatic rings. The van der Waals surface area contributed by atoms with Crippen molar-refractivity contribution in [1.29, 1.82) is 0 Å². The number of likely N-dealkylation sites (N-methyl/N-ethyl adjacent to an activating group) is 1. The zero-order valence-electron chi connectivity index (χ0n) is 14.5. The highest BCUT2D eigenvalue weighted by Crippen LogP contribution is 2.34. The molecule has 0 saturated carbocycles. The Balaban J connectivity index is 1.67. The Morgan fingerprint density at radius 3 is 2.48 bits per heavy atom. The van der Waals surface area contributed by atoms with Crippen LogP contribution in [0.5, 0.6) is 0 Å². The van der Waals surface area contributed by atoms with Crippen LogP contribution >= 0.6 is 11.8 Å². The maximum atomic E-state index is 12.6. The molecule has 0 radical (unpaired) electrons. The molecule has 1 heterocycles. The quantitative estimate of drug-likeness (QED) is 0.792. The third-order valence-corrected chi connectivity index (χ3v) is 5.28. The minimum absolute atomic E-state index is 0.104. The number of anilines is 1. The number of hydrogen-bond acceptors (Lipinski definition) is 3. The van der Waals surface area contributed by atoms with Gasteiger partial charge < -0.3 is 9.80 Å². The zero-order chi connectivity index (χ0) is 19.6. The van der Waals surface area contributed by atoms with Gasteiger partial charge in [0.25, 0.3) is 0 Å². The van der Waals surface area contributed by atoms with E-state index < -0.39 is 11.7 Å². The van der Waals surface area contributed by atoms with E-state index in [0.29, 0.717) is 11.3 Å². The van der Waals surface area contributed by atoms with Crippen molar-refractivity contribution in [3.63, 3.8) is 0 Å². The van der Waals surface area contributed by atoms with Crippen LogP contribution in [0.1, 0.15) is 11.1 Å².